The number of carbonyl (C=O) groups is 1. The largest absolute Gasteiger partial charge is 0.466 e. The maximum atomic E-state index is 11.9. The van der Waals surface area contributed by atoms with Crippen LogP contribution in [-0.2, 0) is 9.53 Å². The van der Waals surface area contributed by atoms with Crippen molar-refractivity contribution in [2.24, 2.45) is 0 Å². The minimum atomic E-state index is -2.10. The molecule has 0 aliphatic carbocycles. The molecule has 2 nitrogen and oxygen atoms in total. The maximum Gasteiger partial charge on any atom is 0.333 e. The fraction of sp³-hybridized carbons (Fsp3) is 0.0455. The van der Waals surface area contributed by atoms with Gasteiger partial charge in [-0.2, -0.15) is 0 Å². The summed E-state index contributed by atoms with van der Waals surface area (Å²) in [4.78, 5) is 11.9. The van der Waals surface area contributed by atoms with Crippen LogP contribution in [0.3, 0.4) is 0 Å². The third-order valence-corrected chi connectivity index (χ3v) is 8.06. The predicted octanol–water partition coefficient (Wildman–Crippen LogP) is 3.67. The van der Waals surface area contributed by atoms with Crippen molar-refractivity contribution in [2.45, 2.75) is 0 Å². The van der Waals surface area contributed by atoms with E-state index in [1.807, 2.05) is 60.4 Å². The van der Waals surface area contributed by atoms with Crippen molar-refractivity contribution >= 4 is 29.1 Å². The van der Waals surface area contributed by atoms with Gasteiger partial charge in [0, 0.05) is 0 Å². The Bertz CT molecular complexity index is 746. The zero-order valence-electron chi connectivity index (χ0n) is 14.1. The van der Waals surface area contributed by atoms with E-state index < -0.39 is 7.26 Å². The lowest BCUT2D eigenvalue weighted by atomic mass is 10.4. The molecule has 0 saturated heterocycles. The van der Waals surface area contributed by atoms with Gasteiger partial charge in [-0.1, -0.05) is 54.6 Å². The predicted molar refractivity (Wildman–Crippen MR) is 106 cm³/mol. The second-order valence-corrected chi connectivity index (χ2v) is 8.86. The van der Waals surface area contributed by atoms with Crippen LogP contribution in [0, 0.1) is 0 Å². The quantitative estimate of drug-likeness (QED) is 0.400. The highest BCUT2D eigenvalue weighted by atomic mass is 31.2. The fourth-order valence-electron chi connectivity index (χ4n) is 2.94. The molecule has 0 fully saturated rings. The first kappa shape index (κ1) is 17.1. The molecule has 0 saturated carbocycles. The first-order valence-corrected chi connectivity index (χ1v) is 9.96. The van der Waals surface area contributed by atoms with Crippen molar-refractivity contribution in [3.63, 3.8) is 0 Å². The Balaban J connectivity index is 2.31. The molecule has 25 heavy (non-hydrogen) atoms. The van der Waals surface area contributed by atoms with Crippen LogP contribution in [0.2, 0.25) is 0 Å². The molecule has 0 N–H and O–H groups in total. The standard InChI is InChI=1S/C22H20O2P/c1-24-22(23)17-18-25(19-11-5-2-6-12-19,20-13-7-3-8-14-20)21-15-9-4-10-16-21/h2-18H,1H3/q+1/b18-17-. The van der Waals surface area contributed by atoms with Crippen molar-refractivity contribution in [1.29, 1.82) is 0 Å². The Labute approximate surface area is 149 Å². The molecular formula is C22H20O2P+. The van der Waals surface area contributed by atoms with Gasteiger partial charge >= 0.3 is 5.97 Å². The summed E-state index contributed by atoms with van der Waals surface area (Å²) in [5, 5.41) is 3.60. The molecule has 0 bridgehead atoms. The Morgan fingerprint density at radius 3 is 1.40 bits per heavy atom. The lowest BCUT2D eigenvalue weighted by Crippen LogP contribution is -2.29. The van der Waals surface area contributed by atoms with Crippen LogP contribution in [0.4, 0.5) is 0 Å². The van der Waals surface area contributed by atoms with E-state index in [9.17, 15) is 4.79 Å². The van der Waals surface area contributed by atoms with Crippen molar-refractivity contribution in [2.75, 3.05) is 7.11 Å². The van der Waals surface area contributed by atoms with Gasteiger partial charge in [0.05, 0.1) is 19.0 Å². The summed E-state index contributed by atoms with van der Waals surface area (Å²) in [6, 6.07) is 31.1. The third kappa shape index (κ3) is 3.55. The number of esters is 1. The molecule has 0 unspecified atom stereocenters. The van der Waals surface area contributed by atoms with E-state index >= 15 is 0 Å². The van der Waals surface area contributed by atoms with Crippen LogP contribution >= 0.6 is 7.26 Å². The normalized spacial score (nSPS) is 11.4. The number of hydrogen-bond acceptors (Lipinski definition) is 2. The molecule has 0 aliphatic heterocycles. The molecule has 0 amide bonds. The Kier molecular flexibility index (Phi) is 5.42. The summed E-state index contributed by atoms with van der Waals surface area (Å²) in [7, 11) is -0.699. The smallest absolute Gasteiger partial charge is 0.333 e. The summed E-state index contributed by atoms with van der Waals surface area (Å²) in [5.41, 5.74) is 0. The molecule has 0 spiro atoms. The van der Waals surface area contributed by atoms with E-state index in [0.717, 1.165) is 0 Å². The lowest BCUT2D eigenvalue weighted by Gasteiger charge is -2.23. The summed E-state index contributed by atoms with van der Waals surface area (Å²) < 4.78 is 4.85. The van der Waals surface area contributed by atoms with Gasteiger partial charge < -0.3 is 4.74 Å². The van der Waals surface area contributed by atoms with E-state index in [0.29, 0.717) is 0 Å². The zero-order valence-corrected chi connectivity index (χ0v) is 15.0. The molecule has 3 aromatic rings. The third-order valence-electron chi connectivity index (χ3n) is 4.13. The van der Waals surface area contributed by atoms with E-state index in [-0.39, 0.29) is 5.97 Å². The van der Waals surface area contributed by atoms with E-state index in [1.54, 1.807) is 6.08 Å². The van der Waals surface area contributed by atoms with Crippen LogP contribution in [0.15, 0.2) is 103 Å². The van der Waals surface area contributed by atoms with Crippen molar-refractivity contribution in [1.82, 2.24) is 0 Å². The van der Waals surface area contributed by atoms with Gasteiger partial charge in [0.15, 0.2) is 0 Å². The Morgan fingerprint density at radius 1 is 0.720 bits per heavy atom. The molecule has 124 valence electrons. The highest BCUT2D eigenvalue weighted by Gasteiger charge is 2.43. The molecule has 0 aliphatic rings. The van der Waals surface area contributed by atoms with Gasteiger partial charge in [-0.3, -0.25) is 0 Å². The molecule has 3 heteroatoms. The number of carbonyl (C=O) groups excluding carboxylic acids is 1. The fourth-order valence-corrected chi connectivity index (χ4v) is 6.62. The van der Waals surface area contributed by atoms with Crippen molar-refractivity contribution in [3.05, 3.63) is 103 Å². The average molecular weight is 347 g/mol. The summed E-state index contributed by atoms with van der Waals surface area (Å²) in [5.74, 6) is 1.70. The number of hydrogen-bond donors (Lipinski definition) is 0. The molecule has 3 rings (SSSR count). The molecule has 0 aromatic heterocycles. The summed E-state index contributed by atoms with van der Waals surface area (Å²) in [6.45, 7) is 0. The second-order valence-electron chi connectivity index (χ2n) is 5.57. The first-order chi connectivity index (χ1) is 12.3. The number of rotatable bonds is 5. The Hall–Kier alpha value is -2.70. The first-order valence-electron chi connectivity index (χ1n) is 8.10. The number of methoxy groups -OCH3 is 1. The molecule has 0 radical (unpaired) electrons. The monoisotopic (exact) mass is 347 g/mol. The average Bonchev–Trinajstić information content (AvgIpc) is 2.71. The SMILES string of the molecule is COC(=O)/C=C\[P+](c1ccccc1)(c1ccccc1)c1ccccc1. The lowest BCUT2D eigenvalue weighted by molar-refractivity contribution is -0.134. The Morgan fingerprint density at radius 2 is 1.08 bits per heavy atom. The van der Waals surface area contributed by atoms with E-state index in [2.05, 4.69) is 36.4 Å². The van der Waals surface area contributed by atoms with Crippen molar-refractivity contribution in [3.8, 4) is 0 Å². The van der Waals surface area contributed by atoms with Gasteiger partial charge in [-0.15, -0.1) is 0 Å². The van der Waals surface area contributed by atoms with E-state index in [4.69, 9.17) is 4.74 Å². The zero-order chi connectivity index (χ0) is 17.5. The van der Waals surface area contributed by atoms with Crippen LogP contribution in [0.25, 0.3) is 0 Å². The van der Waals surface area contributed by atoms with Gasteiger partial charge in [0.25, 0.3) is 0 Å². The van der Waals surface area contributed by atoms with Crippen molar-refractivity contribution < 1.29 is 9.53 Å². The highest BCUT2D eigenvalue weighted by molar-refractivity contribution is 7.98. The van der Waals surface area contributed by atoms with Gasteiger partial charge in [0.2, 0.25) is 0 Å². The van der Waals surface area contributed by atoms with Gasteiger partial charge in [-0.25, -0.2) is 4.79 Å². The van der Waals surface area contributed by atoms with Crippen LogP contribution in [-0.4, -0.2) is 13.1 Å². The molecule has 0 atom stereocenters. The summed E-state index contributed by atoms with van der Waals surface area (Å²) >= 11 is 0. The number of ether oxygens (including phenoxy) is 1. The minimum Gasteiger partial charge on any atom is -0.466 e. The van der Waals surface area contributed by atoms with E-state index in [1.165, 1.54) is 23.0 Å². The van der Waals surface area contributed by atoms with Gasteiger partial charge in [-0.05, 0) is 36.4 Å². The topological polar surface area (TPSA) is 26.3 Å². The second kappa shape index (κ2) is 7.92. The summed E-state index contributed by atoms with van der Waals surface area (Å²) in [6.07, 6.45) is 1.56. The van der Waals surface area contributed by atoms with Crippen LogP contribution < -0.4 is 15.9 Å². The minimum absolute atomic E-state index is 0.341. The molecule has 3 aromatic carbocycles. The van der Waals surface area contributed by atoms with Crippen LogP contribution in [0.5, 0.6) is 0 Å². The maximum absolute atomic E-state index is 11.9. The highest BCUT2D eigenvalue weighted by Crippen LogP contribution is 2.56. The van der Waals surface area contributed by atoms with Gasteiger partial charge in [0.1, 0.15) is 23.2 Å². The molecule has 0 heterocycles. The van der Waals surface area contributed by atoms with Crippen LogP contribution in [0.1, 0.15) is 0 Å². The number of benzene rings is 3. The molecular weight excluding hydrogens is 327 g/mol.